The van der Waals surface area contributed by atoms with Gasteiger partial charge in [-0.05, 0) is 0 Å². The standard InChI is InChI=1S/C9H13N3OS/c1-12-4-2-11-9(12)8(13)7-6-14-5-3-10-7/h2,4,7,10H,3,5-6H2,1H3. The molecular formula is C9H13N3OS. The second kappa shape index (κ2) is 4.14. The van der Waals surface area contributed by atoms with Crippen molar-refractivity contribution < 1.29 is 4.79 Å². The molecule has 4 nitrogen and oxygen atoms in total. The Bertz CT molecular complexity index is 331. The van der Waals surface area contributed by atoms with Crippen LogP contribution < -0.4 is 5.32 Å². The number of ketones is 1. The molecule has 0 bridgehead atoms. The SMILES string of the molecule is Cn1ccnc1C(=O)C1CSCCN1. The molecule has 1 saturated heterocycles. The average molecular weight is 211 g/mol. The van der Waals surface area contributed by atoms with Gasteiger partial charge in [0.05, 0.1) is 6.04 Å². The number of carbonyl (C=O) groups excluding carboxylic acids is 1. The third kappa shape index (κ3) is 1.83. The van der Waals surface area contributed by atoms with E-state index in [0.717, 1.165) is 18.1 Å². The first kappa shape index (κ1) is 9.73. The zero-order chi connectivity index (χ0) is 9.97. The van der Waals surface area contributed by atoms with Crippen LogP contribution in [0.2, 0.25) is 0 Å². The van der Waals surface area contributed by atoms with Crippen LogP contribution in [0.4, 0.5) is 0 Å². The van der Waals surface area contributed by atoms with E-state index in [2.05, 4.69) is 10.3 Å². The lowest BCUT2D eigenvalue weighted by molar-refractivity contribution is 0.0939. The van der Waals surface area contributed by atoms with Crippen molar-refractivity contribution >= 4 is 17.5 Å². The molecule has 2 rings (SSSR count). The number of nitrogens with zero attached hydrogens (tertiary/aromatic N) is 2. The van der Waals surface area contributed by atoms with Crippen molar-refractivity contribution in [2.24, 2.45) is 7.05 Å². The fraction of sp³-hybridized carbons (Fsp3) is 0.556. The summed E-state index contributed by atoms with van der Waals surface area (Å²) in [5.74, 6) is 2.59. The molecular weight excluding hydrogens is 198 g/mol. The summed E-state index contributed by atoms with van der Waals surface area (Å²) in [5.41, 5.74) is 0. The summed E-state index contributed by atoms with van der Waals surface area (Å²) < 4.78 is 1.77. The molecule has 5 heteroatoms. The molecule has 1 atom stereocenters. The van der Waals surface area contributed by atoms with Crippen LogP contribution in [0.5, 0.6) is 0 Å². The molecule has 0 saturated carbocycles. The quantitative estimate of drug-likeness (QED) is 0.715. The highest BCUT2D eigenvalue weighted by atomic mass is 32.2. The van der Waals surface area contributed by atoms with Crippen LogP contribution in [-0.2, 0) is 7.05 Å². The highest BCUT2D eigenvalue weighted by Crippen LogP contribution is 2.11. The molecule has 1 fully saturated rings. The van der Waals surface area contributed by atoms with Crippen molar-refractivity contribution in [3.05, 3.63) is 18.2 Å². The largest absolute Gasteiger partial charge is 0.332 e. The molecule has 76 valence electrons. The third-order valence-corrected chi connectivity index (χ3v) is 3.34. The Kier molecular flexibility index (Phi) is 2.88. The smallest absolute Gasteiger partial charge is 0.215 e. The number of nitrogens with one attached hydrogen (secondary N) is 1. The number of aryl methyl sites for hydroxylation is 1. The van der Waals surface area contributed by atoms with Gasteiger partial charge in [0.25, 0.3) is 0 Å². The van der Waals surface area contributed by atoms with Crippen LogP contribution >= 0.6 is 11.8 Å². The summed E-state index contributed by atoms with van der Waals surface area (Å²) >= 11 is 1.81. The summed E-state index contributed by atoms with van der Waals surface area (Å²) in [6, 6.07) is -0.0603. The van der Waals surface area contributed by atoms with Gasteiger partial charge in [-0.25, -0.2) is 4.98 Å². The van der Waals surface area contributed by atoms with E-state index in [9.17, 15) is 4.79 Å². The maximum Gasteiger partial charge on any atom is 0.215 e. The number of imidazole rings is 1. The molecule has 1 aliphatic rings. The highest BCUT2D eigenvalue weighted by molar-refractivity contribution is 7.99. The predicted molar refractivity (Wildman–Crippen MR) is 56.7 cm³/mol. The molecule has 2 heterocycles. The minimum absolute atomic E-state index is 0.0603. The fourth-order valence-corrected chi connectivity index (χ4v) is 2.43. The first-order valence-corrected chi connectivity index (χ1v) is 5.77. The summed E-state index contributed by atoms with van der Waals surface area (Å²) in [6.07, 6.45) is 3.45. The summed E-state index contributed by atoms with van der Waals surface area (Å²) in [4.78, 5) is 16.0. The van der Waals surface area contributed by atoms with E-state index in [1.165, 1.54) is 0 Å². The maximum atomic E-state index is 11.9. The zero-order valence-electron chi connectivity index (χ0n) is 8.06. The lowest BCUT2D eigenvalue weighted by Crippen LogP contribution is -2.44. The second-order valence-corrected chi connectivity index (χ2v) is 4.46. The number of hydrogen-bond acceptors (Lipinski definition) is 4. The van der Waals surface area contributed by atoms with Gasteiger partial charge < -0.3 is 9.88 Å². The normalized spacial score (nSPS) is 22.2. The third-order valence-electron chi connectivity index (χ3n) is 2.28. The van der Waals surface area contributed by atoms with E-state index in [1.54, 1.807) is 17.0 Å². The summed E-state index contributed by atoms with van der Waals surface area (Å²) in [7, 11) is 1.84. The lowest BCUT2D eigenvalue weighted by atomic mass is 10.2. The van der Waals surface area contributed by atoms with Crippen LogP contribution in [0, 0.1) is 0 Å². The van der Waals surface area contributed by atoms with Crippen LogP contribution in [0.3, 0.4) is 0 Å². The first-order valence-electron chi connectivity index (χ1n) is 4.61. The Balaban J connectivity index is 2.11. The molecule has 1 aromatic heterocycles. The molecule has 1 aliphatic heterocycles. The molecule has 1 unspecified atom stereocenters. The van der Waals surface area contributed by atoms with Gasteiger partial charge in [0, 0.05) is 37.5 Å². The van der Waals surface area contributed by atoms with Crippen molar-refractivity contribution in [3.63, 3.8) is 0 Å². The van der Waals surface area contributed by atoms with Gasteiger partial charge in [-0.1, -0.05) is 0 Å². The van der Waals surface area contributed by atoms with Crippen molar-refractivity contribution in [3.8, 4) is 0 Å². The second-order valence-electron chi connectivity index (χ2n) is 3.31. The Morgan fingerprint density at radius 1 is 1.79 bits per heavy atom. The van der Waals surface area contributed by atoms with Gasteiger partial charge >= 0.3 is 0 Å². The molecule has 14 heavy (non-hydrogen) atoms. The maximum absolute atomic E-state index is 11.9. The Hall–Kier alpha value is -0.810. The Labute approximate surface area is 87.1 Å². The Morgan fingerprint density at radius 3 is 3.21 bits per heavy atom. The van der Waals surface area contributed by atoms with Gasteiger partial charge in [-0.2, -0.15) is 11.8 Å². The molecule has 0 aliphatic carbocycles. The minimum atomic E-state index is -0.0603. The molecule has 0 amide bonds. The van der Waals surface area contributed by atoms with E-state index in [-0.39, 0.29) is 11.8 Å². The van der Waals surface area contributed by atoms with Crippen molar-refractivity contribution in [2.45, 2.75) is 6.04 Å². The van der Waals surface area contributed by atoms with Crippen molar-refractivity contribution in [2.75, 3.05) is 18.1 Å². The van der Waals surface area contributed by atoms with E-state index in [1.807, 2.05) is 18.8 Å². The van der Waals surface area contributed by atoms with Gasteiger partial charge in [0.15, 0.2) is 5.82 Å². The van der Waals surface area contributed by atoms with E-state index in [4.69, 9.17) is 0 Å². The van der Waals surface area contributed by atoms with Crippen molar-refractivity contribution in [1.29, 1.82) is 0 Å². The van der Waals surface area contributed by atoms with E-state index >= 15 is 0 Å². The number of rotatable bonds is 2. The summed E-state index contributed by atoms with van der Waals surface area (Å²) in [5, 5.41) is 3.21. The molecule has 0 spiro atoms. The van der Waals surface area contributed by atoms with Crippen LogP contribution in [-0.4, -0.2) is 39.4 Å². The van der Waals surface area contributed by atoms with Gasteiger partial charge in [0.1, 0.15) is 0 Å². The minimum Gasteiger partial charge on any atom is -0.332 e. The number of thioether (sulfide) groups is 1. The Morgan fingerprint density at radius 2 is 2.64 bits per heavy atom. The zero-order valence-corrected chi connectivity index (χ0v) is 8.88. The predicted octanol–water partition coefficient (Wildman–Crippen LogP) is 0.308. The van der Waals surface area contributed by atoms with Crippen LogP contribution in [0.25, 0.3) is 0 Å². The number of hydrogen-bond donors (Lipinski definition) is 1. The molecule has 0 radical (unpaired) electrons. The fourth-order valence-electron chi connectivity index (χ4n) is 1.49. The van der Waals surface area contributed by atoms with Gasteiger partial charge in [0.2, 0.25) is 5.78 Å². The number of carbonyl (C=O) groups is 1. The molecule has 0 aromatic carbocycles. The van der Waals surface area contributed by atoms with E-state index < -0.39 is 0 Å². The van der Waals surface area contributed by atoms with E-state index in [0.29, 0.717) is 5.82 Å². The lowest BCUT2D eigenvalue weighted by Gasteiger charge is -2.21. The van der Waals surface area contributed by atoms with Gasteiger partial charge in [-0.3, -0.25) is 4.79 Å². The average Bonchev–Trinajstić information content (AvgIpc) is 2.65. The number of Topliss-reactive ketones (excluding diaryl/α,β-unsaturated/α-hetero) is 1. The summed E-state index contributed by atoms with van der Waals surface area (Å²) in [6.45, 7) is 0.908. The van der Waals surface area contributed by atoms with Crippen LogP contribution in [0.1, 0.15) is 10.6 Å². The topological polar surface area (TPSA) is 46.9 Å². The first-order chi connectivity index (χ1) is 6.79. The highest BCUT2D eigenvalue weighted by Gasteiger charge is 2.24. The number of aromatic nitrogens is 2. The molecule has 1 N–H and O–H groups in total. The monoisotopic (exact) mass is 211 g/mol. The molecule has 1 aromatic rings. The van der Waals surface area contributed by atoms with Crippen LogP contribution in [0.15, 0.2) is 12.4 Å². The van der Waals surface area contributed by atoms with Gasteiger partial charge in [-0.15, -0.1) is 0 Å². The van der Waals surface area contributed by atoms with Crippen molar-refractivity contribution in [1.82, 2.24) is 14.9 Å².